The van der Waals surface area contributed by atoms with Gasteiger partial charge in [0, 0.05) is 11.8 Å². The van der Waals surface area contributed by atoms with Crippen LogP contribution in [0, 0.1) is 12.7 Å². The van der Waals surface area contributed by atoms with Gasteiger partial charge in [-0.25, -0.2) is 9.37 Å². The first kappa shape index (κ1) is 11.6. The van der Waals surface area contributed by atoms with Crippen LogP contribution in [-0.4, -0.2) is 15.7 Å². The molecule has 2 heterocycles. The van der Waals surface area contributed by atoms with E-state index < -0.39 is 0 Å². The summed E-state index contributed by atoms with van der Waals surface area (Å²) in [6.07, 6.45) is 2.64. The molecule has 0 aliphatic carbocycles. The highest BCUT2D eigenvalue weighted by molar-refractivity contribution is 5.86. The molecule has 0 saturated carbocycles. The van der Waals surface area contributed by atoms with Crippen LogP contribution in [0.2, 0.25) is 0 Å². The third-order valence-electron chi connectivity index (χ3n) is 3.03. The number of aryl methyl sites for hydroxylation is 1. The Morgan fingerprint density at radius 3 is 2.58 bits per heavy atom. The zero-order valence-electron chi connectivity index (χ0n) is 10.3. The van der Waals surface area contributed by atoms with Gasteiger partial charge in [0.1, 0.15) is 22.9 Å². The first-order chi connectivity index (χ1) is 9.19. The monoisotopic (exact) mass is 254 g/mol. The lowest BCUT2D eigenvalue weighted by molar-refractivity contribution is 0.111. The Hall–Kier alpha value is -2.49. The molecule has 2 aromatic heterocycles. The first-order valence-electron chi connectivity index (χ1n) is 5.89. The highest BCUT2D eigenvalue weighted by atomic mass is 19.1. The molecule has 4 heteroatoms. The molecule has 0 aliphatic rings. The fourth-order valence-corrected chi connectivity index (χ4v) is 2.10. The van der Waals surface area contributed by atoms with E-state index in [-0.39, 0.29) is 5.82 Å². The summed E-state index contributed by atoms with van der Waals surface area (Å²) in [7, 11) is 0. The predicted octanol–water partition coefficient (Wildman–Crippen LogP) is 3.26. The van der Waals surface area contributed by atoms with Crippen molar-refractivity contribution in [3.8, 4) is 11.3 Å². The molecular weight excluding hydrogens is 243 g/mol. The van der Waals surface area contributed by atoms with Crippen molar-refractivity contribution in [1.29, 1.82) is 0 Å². The standard InChI is InChI=1S/C15H11FN2O/c1-10-2-7-14-17-15(13(9-19)18(14)8-10)11-3-5-12(16)6-4-11/h2-9H,1H3. The van der Waals surface area contributed by atoms with Crippen LogP contribution < -0.4 is 0 Å². The van der Waals surface area contributed by atoms with Gasteiger partial charge in [0.25, 0.3) is 0 Å². The molecule has 19 heavy (non-hydrogen) atoms. The third kappa shape index (κ3) is 1.91. The molecule has 0 amide bonds. The number of hydrogen-bond acceptors (Lipinski definition) is 2. The largest absolute Gasteiger partial charge is 0.296 e. The summed E-state index contributed by atoms with van der Waals surface area (Å²) in [6, 6.07) is 9.76. The highest BCUT2D eigenvalue weighted by Crippen LogP contribution is 2.23. The minimum absolute atomic E-state index is 0.309. The van der Waals surface area contributed by atoms with E-state index in [1.165, 1.54) is 12.1 Å². The van der Waals surface area contributed by atoms with Crippen LogP contribution in [0.3, 0.4) is 0 Å². The van der Waals surface area contributed by atoms with E-state index in [9.17, 15) is 9.18 Å². The number of benzene rings is 1. The molecule has 0 bridgehead atoms. The summed E-state index contributed by atoms with van der Waals surface area (Å²) in [5.41, 5.74) is 3.52. The number of hydrogen-bond donors (Lipinski definition) is 0. The number of aromatic nitrogens is 2. The Morgan fingerprint density at radius 2 is 1.89 bits per heavy atom. The minimum Gasteiger partial charge on any atom is -0.296 e. The zero-order valence-corrected chi connectivity index (χ0v) is 10.3. The summed E-state index contributed by atoms with van der Waals surface area (Å²) >= 11 is 0. The summed E-state index contributed by atoms with van der Waals surface area (Å²) < 4.78 is 14.7. The summed E-state index contributed by atoms with van der Waals surface area (Å²) in [5.74, 6) is -0.309. The molecule has 0 atom stereocenters. The summed E-state index contributed by atoms with van der Waals surface area (Å²) in [5, 5.41) is 0. The number of carbonyl (C=O) groups excluding carboxylic acids is 1. The van der Waals surface area contributed by atoms with Gasteiger partial charge in [-0.2, -0.15) is 0 Å². The number of carbonyl (C=O) groups is 1. The molecule has 0 spiro atoms. The van der Waals surface area contributed by atoms with Gasteiger partial charge >= 0.3 is 0 Å². The Balaban J connectivity index is 2.28. The van der Waals surface area contributed by atoms with Gasteiger partial charge in [-0.3, -0.25) is 9.20 Å². The third-order valence-corrected chi connectivity index (χ3v) is 3.03. The van der Waals surface area contributed by atoms with E-state index in [2.05, 4.69) is 4.98 Å². The normalized spacial score (nSPS) is 10.8. The van der Waals surface area contributed by atoms with Crippen LogP contribution in [0.5, 0.6) is 0 Å². The van der Waals surface area contributed by atoms with E-state index in [1.54, 1.807) is 16.5 Å². The Labute approximate surface area is 109 Å². The second kappa shape index (κ2) is 4.31. The number of aldehydes is 1. The quantitative estimate of drug-likeness (QED) is 0.658. The van der Waals surface area contributed by atoms with Crippen molar-refractivity contribution < 1.29 is 9.18 Å². The molecule has 0 radical (unpaired) electrons. The molecule has 1 aromatic carbocycles. The molecule has 0 N–H and O–H groups in total. The maximum atomic E-state index is 12.9. The van der Waals surface area contributed by atoms with Gasteiger partial charge in [0.2, 0.25) is 0 Å². The van der Waals surface area contributed by atoms with Gasteiger partial charge in [-0.05, 0) is 42.8 Å². The molecule has 94 valence electrons. The lowest BCUT2D eigenvalue weighted by Gasteiger charge is -1.99. The number of fused-ring (bicyclic) bond motifs is 1. The van der Waals surface area contributed by atoms with Gasteiger partial charge in [-0.15, -0.1) is 0 Å². The Morgan fingerprint density at radius 1 is 1.16 bits per heavy atom. The van der Waals surface area contributed by atoms with E-state index in [4.69, 9.17) is 0 Å². The average molecular weight is 254 g/mol. The van der Waals surface area contributed by atoms with Crippen LogP contribution in [0.15, 0.2) is 42.6 Å². The van der Waals surface area contributed by atoms with Gasteiger partial charge in [0.15, 0.2) is 6.29 Å². The van der Waals surface area contributed by atoms with Crippen LogP contribution in [0.4, 0.5) is 4.39 Å². The highest BCUT2D eigenvalue weighted by Gasteiger charge is 2.13. The smallest absolute Gasteiger partial charge is 0.169 e. The van der Waals surface area contributed by atoms with Crippen molar-refractivity contribution in [1.82, 2.24) is 9.38 Å². The van der Waals surface area contributed by atoms with E-state index in [0.29, 0.717) is 17.0 Å². The lowest BCUT2D eigenvalue weighted by atomic mass is 10.1. The number of rotatable bonds is 2. The Bertz CT molecular complexity index is 760. The van der Waals surface area contributed by atoms with Gasteiger partial charge in [0.05, 0.1) is 0 Å². The van der Waals surface area contributed by atoms with Crippen LogP contribution in [-0.2, 0) is 0 Å². The number of pyridine rings is 1. The van der Waals surface area contributed by atoms with Crippen molar-refractivity contribution in [2.45, 2.75) is 6.92 Å². The fraction of sp³-hybridized carbons (Fsp3) is 0.0667. The average Bonchev–Trinajstić information content (AvgIpc) is 2.77. The van der Waals surface area contributed by atoms with Crippen molar-refractivity contribution in [3.63, 3.8) is 0 Å². The second-order valence-corrected chi connectivity index (χ2v) is 4.41. The molecule has 3 rings (SSSR count). The molecular formula is C15H11FN2O. The van der Waals surface area contributed by atoms with Gasteiger partial charge in [-0.1, -0.05) is 6.07 Å². The first-order valence-corrected chi connectivity index (χ1v) is 5.89. The van der Waals surface area contributed by atoms with Crippen LogP contribution in [0.25, 0.3) is 16.9 Å². The zero-order chi connectivity index (χ0) is 13.4. The minimum atomic E-state index is -0.309. The second-order valence-electron chi connectivity index (χ2n) is 4.41. The maximum Gasteiger partial charge on any atom is 0.169 e. The van der Waals surface area contributed by atoms with Crippen molar-refractivity contribution in [2.75, 3.05) is 0 Å². The maximum absolute atomic E-state index is 12.9. The number of halogens is 1. The van der Waals surface area contributed by atoms with Crippen LogP contribution >= 0.6 is 0 Å². The van der Waals surface area contributed by atoms with Crippen molar-refractivity contribution in [2.24, 2.45) is 0 Å². The van der Waals surface area contributed by atoms with E-state index >= 15 is 0 Å². The summed E-state index contributed by atoms with van der Waals surface area (Å²) in [4.78, 5) is 15.8. The molecule has 0 unspecified atom stereocenters. The fourth-order valence-electron chi connectivity index (χ4n) is 2.10. The van der Waals surface area contributed by atoms with Gasteiger partial charge < -0.3 is 0 Å². The lowest BCUT2D eigenvalue weighted by Crippen LogP contribution is -1.93. The molecule has 3 aromatic rings. The van der Waals surface area contributed by atoms with Crippen molar-refractivity contribution in [3.05, 3.63) is 59.7 Å². The number of imidazole rings is 1. The van der Waals surface area contributed by atoms with Crippen molar-refractivity contribution >= 4 is 11.9 Å². The topological polar surface area (TPSA) is 34.4 Å². The van der Waals surface area contributed by atoms with E-state index in [0.717, 1.165) is 17.4 Å². The SMILES string of the molecule is Cc1ccc2nc(-c3ccc(F)cc3)c(C=O)n2c1. The molecule has 0 aliphatic heterocycles. The summed E-state index contributed by atoms with van der Waals surface area (Å²) in [6.45, 7) is 1.95. The van der Waals surface area contributed by atoms with Crippen LogP contribution in [0.1, 0.15) is 16.1 Å². The molecule has 0 fully saturated rings. The Kier molecular flexibility index (Phi) is 2.63. The molecule has 3 nitrogen and oxygen atoms in total. The number of nitrogens with zero attached hydrogens (tertiary/aromatic N) is 2. The van der Waals surface area contributed by atoms with E-state index in [1.807, 2.05) is 25.3 Å². The predicted molar refractivity (Wildman–Crippen MR) is 70.7 cm³/mol. The molecule has 0 saturated heterocycles.